The van der Waals surface area contributed by atoms with Crippen LogP contribution in [0.1, 0.15) is 22.6 Å². The third kappa shape index (κ3) is 2.08. The van der Waals surface area contributed by atoms with Crippen LogP contribution in [-0.2, 0) is 32.7 Å². The Morgan fingerprint density at radius 2 is 1.45 bits per heavy atom. The van der Waals surface area contributed by atoms with Gasteiger partial charge in [-0.25, -0.2) is 0 Å². The number of hydrogen-bond acceptors (Lipinski definition) is 0. The van der Waals surface area contributed by atoms with Gasteiger partial charge in [-0.05, 0) is 11.5 Å². The normalized spacial score (nSPS) is 15.1. The van der Waals surface area contributed by atoms with E-state index in [4.69, 9.17) is 0 Å². The molecule has 1 atom stereocenters. The molecule has 0 aliphatic heterocycles. The van der Waals surface area contributed by atoms with Crippen molar-refractivity contribution in [3.8, 4) is 11.1 Å². The van der Waals surface area contributed by atoms with Crippen molar-refractivity contribution in [3.63, 3.8) is 0 Å². The minimum absolute atomic E-state index is 0. The summed E-state index contributed by atoms with van der Waals surface area (Å²) in [6, 6.07) is 29.9. The van der Waals surface area contributed by atoms with E-state index in [0.717, 1.165) is 0 Å². The van der Waals surface area contributed by atoms with E-state index in [0.29, 0.717) is 0 Å². The number of benzene rings is 3. The minimum atomic E-state index is 0. The van der Waals surface area contributed by atoms with Crippen LogP contribution in [0.25, 0.3) is 11.1 Å². The van der Waals surface area contributed by atoms with Gasteiger partial charge < -0.3 is 0 Å². The molecule has 0 heterocycles. The average Bonchev–Trinajstić information content (AvgIpc) is 2.83. The van der Waals surface area contributed by atoms with Gasteiger partial charge in [0.15, 0.2) is 0 Å². The third-order valence-electron chi connectivity index (χ3n) is 3.78. The predicted octanol–water partition coefficient (Wildman–Crippen LogP) is 4.45. The van der Waals surface area contributed by atoms with E-state index in [1.54, 1.807) is 0 Å². The van der Waals surface area contributed by atoms with Crippen LogP contribution in [-0.4, -0.2) is 0 Å². The fraction of sp³-hybridized carbons (Fsp3) is 0.0526. The van der Waals surface area contributed by atoms with Crippen LogP contribution >= 0.6 is 0 Å². The zero-order valence-electron chi connectivity index (χ0n) is 11.0. The molecule has 0 bridgehead atoms. The summed E-state index contributed by atoms with van der Waals surface area (Å²) in [4.78, 5) is 0. The molecule has 0 aromatic heterocycles. The molecule has 0 spiro atoms. The van der Waals surface area contributed by atoms with Gasteiger partial charge in [-0.2, -0.15) is 60.2 Å². The van der Waals surface area contributed by atoms with Crippen molar-refractivity contribution in [3.05, 3.63) is 95.6 Å². The van der Waals surface area contributed by atoms with Crippen LogP contribution in [0, 0.1) is 12.1 Å². The van der Waals surface area contributed by atoms with Crippen LogP contribution < -0.4 is 0 Å². The van der Waals surface area contributed by atoms with E-state index < -0.39 is 0 Å². The summed E-state index contributed by atoms with van der Waals surface area (Å²) >= 11 is 0. The van der Waals surface area contributed by atoms with Crippen molar-refractivity contribution in [1.82, 2.24) is 0 Å². The molecular weight excluding hydrogens is 317 g/mol. The molecule has 1 aliphatic rings. The fourth-order valence-corrected chi connectivity index (χ4v) is 2.98. The van der Waals surface area contributed by atoms with Gasteiger partial charge in [0.1, 0.15) is 0 Å². The molecule has 1 aliphatic carbocycles. The third-order valence-corrected chi connectivity index (χ3v) is 3.78. The second kappa shape index (κ2) is 5.64. The molecular formula is C19H12Y-2. The molecule has 0 N–H and O–H groups in total. The average molecular weight is 329 g/mol. The Kier molecular flexibility index (Phi) is 3.87. The first-order valence-electron chi connectivity index (χ1n) is 6.51. The predicted molar refractivity (Wildman–Crippen MR) is 76.9 cm³/mol. The zero-order valence-corrected chi connectivity index (χ0v) is 13.8. The summed E-state index contributed by atoms with van der Waals surface area (Å²) in [7, 11) is 0. The number of hydrogen-bond donors (Lipinski definition) is 0. The van der Waals surface area contributed by atoms with E-state index in [9.17, 15) is 0 Å². The van der Waals surface area contributed by atoms with Crippen LogP contribution in [0.2, 0.25) is 0 Å². The molecule has 1 heteroatoms. The maximum atomic E-state index is 3.42. The molecule has 0 saturated carbocycles. The van der Waals surface area contributed by atoms with Crippen molar-refractivity contribution in [2.75, 3.05) is 0 Å². The summed E-state index contributed by atoms with van der Waals surface area (Å²) in [5.41, 5.74) is 6.49. The van der Waals surface area contributed by atoms with Gasteiger partial charge in [0.05, 0.1) is 0 Å². The topological polar surface area (TPSA) is 0 Å². The maximum Gasteiger partial charge on any atom is 0 e. The standard InChI is InChI=1S/C19H12.Y/c1-2-8-14(9-3-1)19-17-12-6-4-10-15(17)16-11-5-7-13-18(16)19;/h1-8,10-12,19H;/q-2;. The van der Waals surface area contributed by atoms with Gasteiger partial charge in [0, 0.05) is 32.7 Å². The number of rotatable bonds is 1. The molecule has 1 radical (unpaired) electrons. The maximum absolute atomic E-state index is 3.42. The molecule has 3 aromatic carbocycles. The second-order valence-corrected chi connectivity index (χ2v) is 4.84. The van der Waals surface area contributed by atoms with Gasteiger partial charge >= 0.3 is 0 Å². The monoisotopic (exact) mass is 329 g/mol. The Hall–Kier alpha value is -1.24. The Balaban J connectivity index is 0.00000121. The summed E-state index contributed by atoms with van der Waals surface area (Å²) in [5, 5.41) is 0. The van der Waals surface area contributed by atoms with Crippen LogP contribution in [0.15, 0.2) is 66.7 Å². The molecule has 0 amide bonds. The fourth-order valence-electron chi connectivity index (χ4n) is 2.98. The van der Waals surface area contributed by atoms with E-state index in [1.165, 1.54) is 27.8 Å². The van der Waals surface area contributed by atoms with Crippen molar-refractivity contribution in [2.24, 2.45) is 0 Å². The molecule has 0 nitrogen and oxygen atoms in total. The molecule has 20 heavy (non-hydrogen) atoms. The Morgan fingerprint density at radius 1 is 0.700 bits per heavy atom. The Morgan fingerprint density at radius 3 is 2.30 bits per heavy atom. The van der Waals surface area contributed by atoms with E-state index in [-0.39, 0.29) is 38.6 Å². The molecule has 0 fully saturated rings. The van der Waals surface area contributed by atoms with Gasteiger partial charge in [0.2, 0.25) is 0 Å². The van der Waals surface area contributed by atoms with Gasteiger partial charge in [-0.1, -0.05) is 29.8 Å². The van der Waals surface area contributed by atoms with Gasteiger partial charge in [-0.15, -0.1) is 11.1 Å². The quantitative estimate of drug-likeness (QED) is 0.453. The SMILES string of the molecule is [Y].[c-]1ccccc1C1c2[c-]cccc2-c2ccccc21. The minimum Gasteiger partial charge on any atom is -0.180 e. The molecule has 1 unspecified atom stereocenters. The number of fused-ring (bicyclic) bond motifs is 3. The molecule has 3 aromatic rings. The van der Waals surface area contributed by atoms with Crippen LogP contribution in [0.3, 0.4) is 0 Å². The molecule has 0 saturated heterocycles. The Labute approximate surface area is 144 Å². The van der Waals surface area contributed by atoms with Gasteiger partial charge in [0.25, 0.3) is 0 Å². The largest absolute Gasteiger partial charge is 0.180 e. The van der Waals surface area contributed by atoms with Crippen molar-refractivity contribution in [1.29, 1.82) is 0 Å². The zero-order chi connectivity index (χ0) is 12.7. The Bertz CT molecular complexity index is 686. The summed E-state index contributed by atoms with van der Waals surface area (Å²) < 4.78 is 0. The first-order valence-corrected chi connectivity index (χ1v) is 6.51. The second-order valence-electron chi connectivity index (χ2n) is 4.84. The first kappa shape index (κ1) is 13.7. The van der Waals surface area contributed by atoms with Gasteiger partial charge in [-0.3, -0.25) is 0 Å². The van der Waals surface area contributed by atoms with Crippen molar-refractivity contribution >= 4 is 0 Å². The summed E-state index contributed by atoms with van der Waals surface area (Å²) in [6.45, 7) is 0. The molecule has 4 rings (SSSR count). The van der Waals surface area contributed by atoms with Crippen molar-refractivity contribution < 1.29 is 32.7 Å². The summed E-state index contributed by atoms with van der Waals surface area (Å²) in [6.07, 6.45) is 0. The van der Waals surface area contributed by atoms with Crippen molar-refractivity contribution in [2.45, 2.75) is 5.92 Å². The van der Waals surface area contributed by atoms with E-state index >= 15 is 0 Å². The van der Waals surface area contributed by atoms with E-state index in [1.807, 2.05) is 18.2 Å². The van der Waals surface area contributed by atoms with Crippen LogP contribution in [0.4, 0.5) is 0 Å². The van der Waals surface area contributed by atoms with Crippen LogP contribution in [0.5, 0.6) is 0 Å². The summed E-state index contributed by atoms with van der Waals surface area (Å²) in [5.74, 6) is 0.272. The molecule has 93 valence electrons. The smallest absolute Gasteiger partial charge is 0 e. The first-order chi connectivity index (χ1) is 9.45. The van der Waals surface area contributed by atoms with E-state index in [2.05, 4.69) is 60.7 Å².